The van der Waals surface area contributed by atoms with E-state index in [-0.39, 0.29) is 5.91 Å². The molecule has 4 rings (SSSR count). The molecule has 168 valence electrons. The van der Waals surface area contributed by atoms with E-state index in [2.05, 4.69) is 5.32 Å². The van der Waals surface area contributed by atoms with Crippen molar-refractivity contribution in [3.05, 3.63) is 83.9 Å². The monoisotopic (exact) mass is 445 g/mol. The second kappa shape index (κ2) is 9.20. The van der Waals surface area contributed by atoms with Crippen molar-refractivity contribution >= 4 is 28.1 Å². The first-order valence-electron chi connectivity index (χ1n) is 10.4. The highest BCUT2D eigenvalue weighted by atomic mass is 19.1. The second-order valence-corrected chi connectivity index (χ2v) is 7.67. The van der Waals surface area contributed by atoms with E-state index in [0.29, 0.717) is 22.6 Å². The number of hydrogen-bond donors (Lipinski definition) is 1. The second-order valence-electron chi connectivity index (χ2n) is 7.67. The van der Waals surface area contributed by atoms with Crippen LogP contribution in [-0.4, -0.2) is 20.1 Å². The average molecular weight is 445 g/mol. The van der Waals surface area contributed by atoms with Crippen LogP contribution >= 0.6 is 0 Å². The maximum absolute atomic E-state index is 13.4. The van der Waals surface area contributed by atoms with E-state index in [4.69, 9.17) is 13.9 Å². The molecule has 0 spiro atoms. The lowest BCUT2D eigenvalue weighted by Gasteiger charge is -2.13. The van der Waals surface area contributed by atoms with Gasteiger partial charge in [0.1, 0.15) is 22.9 Å². The molecule has 1 amide bonds. The van der Waals surface area contributed by atoms with E-state index < -0.39 is 5.82 Å². The number of benzene rings is 3. The van der Waals surface area contributed by atoms with Crippen molar-refractivity contribution in [3.8, 4) is 22.6 Å². The lowest BCUT2D eigenvalue weighted by molar-refractivity contribution is -0.111. The number of anilines is 1. The van der Waals surface area contributed by atoms with Crippen molar-refractivity contribution in [2.24, 2.45) is 0 Å². The predicted octanol–water partition coefficient (Wildman–Crippen LogP) is 6.61. The Hall–Kier alpha value is -4.06. The van der Waals surface area contributed by atoms with E-state index in [9.17, 15) is 9.18 Å². The average Bonchev–Trinajstić information content (AvgIpc) is 3.23. The van der Waals surface area contributed by atoms with Gasteiger partial charge < -0.3 is 19.2 Å². The van der Waals surface area contributed by atoms with Gasteiger partial charge >= 0.3 is 0 Å². The minimum atomic E-state index is -0.415. The number of allylic oxidation sites excluding steroid dienone is 1. The van der Waals surface area contributed by atoms with Crippen LogP contribution in [0.4, 0.5) is 10.1 Å². The Kier molecular flexibility index (Phi) is 6.18. The van der Waals surface area contributed by atoms with Gasteiger partial charge in [0.2, 0.25) is 5.91 Å². The number of nitrogens with one attached hydrogen (secondary N) is 1. The summed E-state index contributed by atoms with van der Waals surface area (Å²) in [4.78, 5) is 12.6. The summed E-state index contributed by atoms with van der Waals surface area (Å²) in [5.41, 5.74) is 5.26. The van der Waals surface area contributed by atoms with Crippen molar-refractivity contribution in [3.63, 3.8) is 0 Å². The summed E-state index contributed by atoms with van der Waals surface area (Å²) in [6.45, 7) is 3.75. The van der Waals surface area contributed by atoms with Gasteiger partial charge in [0.05, 0.1) is 20.5 Å². The summed E-state index contributed by atoms with van der Waals surface area (Å²) in [7, 11) is 3.21. The van der Waals surface area contributed by atoms with Gasteiger partial charge in [-0.3, -0.25) is 4.79 Å². The van der Waals surface area contributed by atoms with Crippen LogP contribution < -0.4 is 14.8 Å². The molecule has 0 saturated heterocycles. The van der Waals surface area contributed by atoms with Gasteiger partial charge in [-0.1, -0.05) is 18.2 Å². The summed E-state index contributed by atoms with van der Waals surface area (Å²) in [6, 6.07) is 15.5. The predicted molar refractivity (Wildman–Crippen MR) is 128 cm³/mol. The molecule has 6 heteroatoms. The molecule has 1 N–H and O–H groups in total. The SMILES string of the molecule is COc1cccc(-c2coc3c(C)c(OC)c(/C(C)=C/C(=O)Nc4cccc(F)c4)cc23)c1. The largest absolute Gasteiger partial charge is 0.497 e. The fraction of sp³-hybridized carbons (Fsp3) is 0.148. The molecule has 0 aliphatic carbocycles. The first-order valence-corrected chi connectivity index (χ1v) is 10.4. The van der Waals surface area contributed by atoms with E-state index in [0.717, 1.165) is 33.4 Å². The van der Waals surface area contributed by atoms with Crippen molar-refractivity contribution in [2.75, 3.05) is 19.5 Å². The smallest absolute Gasteiger partial charge is 0.248 e. The number of carbonyl (C=O) groups excluding carboxylic acids is 1. The Bertz CT molecular complexity index is 1370. The van der Waals surface area contributed by atoms with Crippen LogP contribution in [0.15, 0.2) is 71.4 Å². The summed E-state index contributed by atoms with van der Waals surface area (Å²) in [5, 5.41) is 3.59. The normalized spacial score (nSPS) is 11.5. The molecule has 0 atom stereocenters. The van der Waals surface area contributed by atoms with Crippen LogP contribution in [0.3, 0.4) is 0 Å². The first-order chi connectivity index (χ1) is 15.9. The molecule has 0 aliphatic rings. The van der Waals surface area contributed by atoms with Crippen LogP contribution in [-0.2, 0) is 4.79 Å². The third-order valence-electron chi connectivity index (χ3n) is 5.49. The molecule has 0 unspecified atom stereocenters. The van der Waals surface area contributed by atoms with Crippen molar-refractivity contribution in [1.29, 1.82) is 0 Å². The minimum Gasteiger partial charge on any atom is -0.497 e. The Balaban J connectivity index is 1.77. The molecule has 0 radical (unpaired) electrons. The zero-order valence-corrected chi connectivity index (χ0v) is 18.9. The Labute approximate surface area is 191 Å². The number of amides is 1. The van der Waals surface area contributed by atoms with Crippen molar-refractivity contribution in [1.82, 2.24) is 0 Å². The first kappa shape index (κ1) is 22.1. The van der Waals surface area contributed by atoms with Gasteiger partial charge in [0, 0.05) is 33.8 Å². The number of carbonyl (C=O) groups is 1. The molecule has 0 aliphatic heterocycles. The van der Waals surface area contributed by atoms with E-state index in [1.165, 1.54) is 18.2 Å². The lowest BCUT2D eigenvalue weighted by Crippen LogP contribution is -2.09. The summed E-state index contributed by atoms with van der Waals surface area (Å²) >= 11 is 0. The van der Waals surface area contributed by atoms with Gasteiger partial charge in [-0.2, -0.15) is 0 Å². The zero-order chi connectivity index (χ0) is 23.5. The molecule has 1 aromatic heterocycles. The van der Waals surface area contributed by atoms with Crippen LogP contribution in [0, 0.1) is 12.7 Å². The summed E-state index contributed by atoms with van der Waals surface area (Å²) < 4.78 is 30.4. The number of fused-ring (bicyclic) bond motifs is 1. The van der Waals surface area contributed by atoms with Gasteiger partial charge in [-0.05, 0) is 61.4 Å². The summed E-state index contributed by atoms with van der Waals surface area (Å²) in [5.74, 6) is 0.596. The van der Waals surface area contributed by atoms with Crippen molar-refractivity contribution in [2.45, 2.75) is 13.8 Å². The number of halogens is 1. The molecule has 3 aromatic carbocycles. The van der Waals surface area contributed by atoms with Gasteiger partial charge in [0.15, 0.2) is 0 Å². The number of aryl methyl sites for hydroxylation is 1. The third kappa shape index (κ3) is 4.46. The van der Waals surface area contributed by atoms with E-state index >= 15 is 0 Å². The highest BCUT2D eigenvalue weighted by Gasteiger charge is 2.19. The molecular weight excluding hydrogens is 421 g/mol. The molecule has 0 fully saturated rings. The zero-order valence-electron chi connectivity index (χ0n) is 18.9. The van der Waals surface area contributed by atoms with E-state index in [1.54, 1.807) is 32.6 Å². The third-order valence-corrected chi connectivity index (χ3v) is 5.49. The van der Waals surface area contributed by atoms with Gasteiger partial charge in [-0.15, -0.1) is 0 Å². The number of hydrogen-bond acceptors (Lipinski definition) is 4. The van der Waals surface area contributed by atoms with Crippen LogP contribution in [0.25, 0.3) is 27.7 Å². The topological polar surface area (TPSA) is 60.7 Å². The van der Waals surface area contributed by atoms with Crippen molar-refractivity contribution < 1.29 is 23.1 Å². The molecule has 33 heavy (non-hydrogen) atoms. The fourth-order valence-electron chi connectivity index (χ4n) is 3.90. The van der Waals surface area contributed by atoms with Crippen LogP contribution in [0.1, 0.15) is 18.1 Å². The molecule has 0 bridgehead atoms. The Morgan fingerprint density at radius 3 is 2.58 bits per heavy atom. The minimum absolute atomic E-state index is 0.363. The quantitative estimate of drug-likeness (QED) is 0.339. The Morgan fingerprint density at radius 2 is 1.85 bits per heavy atom. The Morgan fingerprint density at radius 1 is 1.06 bits per heavy atom. The molecule has 1 heterocycles. The molecular formula is C27H24FNO4. The molecule has 5 nitrogen and oxygen atoms in total. The highest BCUT2D eigenvalue weighted by Crippen LogP contribution is 2.41. The van der Waals surface area contributed by atoms with Gasteiger partial charge in [0.25, 0.3) is 0 Å². The number of methoxy groups -OCH3 is 2. The maximum Gasteiger partial charge on any atom is 0.248 e. The summed E-state index contributed by atoms with van der Waals surface area (Å²) in [6.07, 6.45) is 3.19. The fourth-order valence-corrected chi connectivity index (χ4v) is 3.90. The number of rotatable bonds is 6. The molecule has 0 saturated carbocycles. The van der Waals surface area contributed by atoms with Crippen LogP contribution in [0.2, 0.25) is 0 Å². The van der Waals surface area contributed by atoms with Gasteiger partial charge in [-0.25, -0.2) is 4.39 Å². The maximum atomic E-state index is 13.4. The highest BCUT2D eigenvalue weighted by molar-refractivity contribution is 6.06. The van der Waals surface area contributed by atoms with E-state index in [1.807, 2.05) is 44.2 Å². The molecule has 4 aromatic rings. The lowest BCUT2D eigenvalue weighted by atomic mass is 9.96. The standard InChI is InChI=1S/C27H24FNO4/c1-16(11-25(30)29-20-9-6-8-19(28)13-20)22-14-23-24(18-7-5-10-21(12-18)31-3)15-33-27(23)17(2)26(22)32-4/h5-15H,1-4H3,(H,29,30)/b16-11+. The number of furan rings is 1. The number of ether oxygens (including phenoxy) is 2. The van der Waals surface area contributed by atoms with Crippen LogP contribution in [0.5, 0.6) is 11.5 Å².